The molecule has 1 aliphatic heterocycles. The van der Waals surface area contributed by atoms with E-state index in [4.69, 9.17) is 9.47 Å². The monoisotopic (exact) mass is 468 g/mol. The van der Waals surface area contributed by atoms with Gasteiger partial charge in [0.15, 0.2) is 0 Å². The summed E-state index contributed by atoms with van der Waals surface area (Å²) in [6, 6.07) is 9.91. The smallest absolute Gasteiger partial charge is 0.315 e. The molecular formula is C27H32O7. The first-order chi connectivity index (χ1) is 16.1. The number of aliphatic hydroxyl groups excluding tert-OH is 1. The average molecular weight is 469 g/mol. The number of carboxylic acids is 1. The lowest BCUT2D eigenvalue weighted by atomic mass is 9.58. The van der Waals surface area contributed by atoms with Crippen LogP contribution in [0.15, 0.2) is 42.5 Å². The molecule has 4 bridgehead atoms. The Balaban J connectivity index is 1.38. The Morgan fingerprint density at radius 3 is 2.74 bits per heavy atom. The minimum atomic E-state index is -1.38. The van der Waals surface area contributed by atoms with Crippen molar-refractivity contribution in [3.8, 4) is 0 Å². The molecule has 4 saturated carbocycles. The van der Waals surface area contributed by atoms with Crippen molar-refractivity contribution >= 4 is 11.9 Å². The fraction of sp³-hybridized carbons (Fsp3) is 0.630. The van der Waals surface area contributed by atoms with Crippen molar-refractivity contribution in [1.82, 2.24) is 0 Å². The molecule has 5 fully saturated rings. The number of hydrogen-bond acceptors (Lipinski definition) is 6. The lowest BCUT2D eigenvalue weighted by Gasteiger charge is -2.48. The zero-order valence-electron chi connectivity index (χ0n) is 19.4. The molecule has 182 valence electrons. The van der Waals surface area contributed by atoms with Crippen molar-refractivity contribution in [2.45, 2.75) is 68.9 Å². The van der Waals surface area contributed by atoms with E-state index in [-0.39, 0.29) is 12.3 Å². The number of hydrogen-bond donors (Lipinski definition) is 3. The topological polar surface area (TPSA) is 113 Å². The molecule has 1 saturated heterocycles. The summed E-state index contributed by atoms with van der Waals surface area (Å²) < 4.78 is 12.4. The molecule has 6 rings (SSSR count). The van der Waals surface area contributed by atoms with Crippen LogP contribution in [0.1, 0.15) is 44.6 Å². The first-order valence-electron chi connectivity index (χ1n) is 12.3. The highest BCUT2D eigenvalue weighted by molar-refractivity contribution is 5.85. The quantitative estimate of drug-likeness (QED) is 0.449. The van der Waals surface area contributed by atoms with Crippen molar-refractivity contribution in [3.63, 3.8) is 0 Å². The summed E-state index contributed by atoms with van der Waals surface area (Å²) in [5.41, 5.74) is -2.40. The lowest BCUT2D eigenvalue weighted by Crippen LogP contribution is -2.59. The normalized spacial score (nSPS) is 48.4. The Bertz CT molecular complexity index is 1070. The zero-order chi connectivity index (χ0) is 24.1. The molecule has 9 atom stereocenters. The molecule has 34 heavy (non-hydrogen) atoms. The van der Waals surface area contributed by atoms with E-state index < -0.39 is 58.0 Å². The molecule has 0 aromatic heterocycles. The maximum absolute atomic E-state index is 13.3. The number of aliphatic hydroxyl groups is 2. The van der Waals surface area contributed by atoms with E-state index in [2.05, 4.69) is 6.58 Å². The Labute approximate surface area is 198 Å². The van der Waals surface area contributed by atoms with Gasteiger partial charge in [-0.3, -0.25) is 9.59 Å². The second kappa shape index (κ2) is 6.93. The zero-order valence-corrected chi connectivity index (χ0v) is 19.4. The molecule has 7 nitrogen and oxygen atoms in total. The van der Waals surface area contributed by atoms with E-state index in [0.29, 0.717) is 44.3 Å². The van der Waals surface area contributed by atoms with Crippen LogP contribution < -0.4 is 0 Å². The van der Waals surface area contributed by atoms with Crippen molar-refractivity contribution in [2.75, 3.05) is 6.61 Å². The maximum Gasteiger partial charge on any atom is 0.315 e. The largest absolute Gasteiger partial charge is 0.481 e. The number of ether oxygens (including phenoxy) is 2. The van der Waals surface area contributed by atoms with Crippen LogP contribution in [0.2, 0.25) is 0 Å². The maximum atomic E-state index is 13.3. The summed E-state index contributed by atoms with van der Waals surface area (Å²) >= 11 is 0. The number of rotatable bonds is 5. The van der Waals surface area contributed by atoms with E-state index in [9.17, 15) is 24.9 Å². The minimum absolute atomic E-state index is 0.218. The Morgan fingerprint density at radius 2 is 2.03 bits per heavy atom. The van der Waals surface area contributed by atoms with Gasteiger partial charge in [0.1, 0.15) is 11.0 Å². The number of carbonyl (C=O) groups excluding carboxylic acids is 1. The summed E-state index contributed by atoms with van der Waals surface area (Å²) in [6.07, 6.45) is 0.917. The van der Waals surface area contributed by atoms with E-state index in [1.807, 2.05) is 30.3 Å². The summed E-state index contributed by atoms with van der Waals surface area (Å²) in [5.74, 6) is -3.31. The van der Waals surface area contributed by atoms with Crippen molar-refractivity contribution < 1.29 is 34.4 Å². The average Bonchev–Trinajstić information content (AvgIpc) is 3.22. The van der Waals surface area contributed by atoms with E-state index >= 15 is 0 Å². The number of carbonyl (C=O) groups is 2. The second-order valence-electron chi connectivity index (χ2n) is 11.5. The third kappa shape index (κ3) is 2.53. The van der Waals surface area contributed by atoms with Crippen LogP contribution in [0, 0.1) is 28.6 Å². The highest BCUT2D eigenvalue weighted by Crippen LogP contribution is 2.78. The Morgan fingerprint density at radius 1 is 1.29 bits per heavy atom. The molecule has 7 heteroatoms. The molecule has 0 amide bonds. The van der Waals surface area contributed by atoms with Gasteiger partial charge in [0.25, 0.3) is 0 Å². The third-order valence-corrected chi connectivity index (χ3v) is 10.1. The van der Waals surface area contributed by atoms with Gasteiger partial charge in [-0.1, -0.05) is 36.9 Å². The van der Waals surface area contributed by atoms with Gasteiger partial charge in [-0.15, -0.1) is 0 Å². The van der Waals surface area contributed by atoms with Gasteiger partial charge in [-0.25, -0.2) is 0 Å². The Kier molecular flexibility index (Phi) is 4.53. The van der Waals surface area contributed by atoms with Gasteiger partial charge >= 0.3 is 11.9 Å². The Hall–Kier alpha value is -2.22. The molecule has 5 aliphatic rings. The van der Waals surface area contributed by atoms with Crippen LogP contribution in [0.4, 0.5) is 0 Å². The van der Waals surface area contributed by atoms with Crippen LogP contribution in [-0.4, -0.2) is 57.3 Å². The van der Waals surface area contributed by atoms with Gasteiger partial charge in [-0.2, -0.15) is 0 Å². The highest BCUT2D eigenvalue weighted by Gasteiger charge is 2.85. The van der Waals surface area contributed by atoms with Crippen LogP contribution in [0.25, 0.3) is 0 Å². The molecule has 1 aromatic rings. The van der Waals surface area contributed by atoms with E-state index in [1.54, 1.807) is 6.92 Å². The molecule has 0 radical (unpaired) electrons. The third-order valence-electron chi connectivity index (χ3n) is 10.1. The fourth-order valence-electron chi connectivity index (χ4n) is 8.81. The van der Waals surface area contributed by atoms with Crippen LogP contribution in [-0.2, 0) is 25.5 Å². The second-order valence-corrected chi connectivity index (χ2v) is 11.5. The van der Waals surface area contributed by atoms with Gasteiger partial charge in [0.05, 0.1) is 30.3 Å². The summed E-state index contributed by atoms with van der Waals surface area (Å²) in [5, 5.41) is 33.1. The number of carboxylic acid groups (broad SMARTS) is 1. The molecule has 1 spiro atoms. The van der Waals surface area contributed by atoms with Crippen molar-refractivity contribution in [3.05, 3.63) is 48.0 Å². The van der Waals surface area contributed by atoms with Gasteiger partial charge in [-0.05, 0) is 55.6 Å². The van der Waals surface area contributed by atoms with Crippen LogP contribution in [0.5, 0.6) is 0 Å². The molecule has 1 heterocycles. The summed E-state index contributed by atoms with van der Waals surface area (Å²) in [4.78, 5) is 26.1. The van der Waals surface area contributed by atoms with Gasteiger partial charge in [0, 0.05) is 18.3 Å². The number of benzene rings is 1. The number of esters is 1. The first-order valence-corrected chi connectivity index (χ1v) is 12.3. The highest BCUT2D eigenvalue weighted by atomic mass is 16.6. The number of aliphatic carboxylic acids is 1. The SMILES string of the molecule is C=C1C[C@]23C[C@@]1(O)CC[C@H]2[C@@]12C[C@@H](OCCc4ccccc4)[C@H](O)[C@@](C)(C(=O)O1)[C@H]2[C@@H]3C(=O)O. The standard InChI is InChI=1S/C27H32O7/c1-15-12-25-14-26(15,32)10-8-18(25)27-13-17(33-11-9-16-6-4-3-5-7-16)21(28)24(2,23(31)34-27)20(27)19(25)22(29)30/h3-7,17-21,28,32H,1,8-14H2,2H3,(H,29,30)/t17-,18-,19-,20-,21+,24+,25+,26+,27-/m1/s1. The van der Waals surface area contributed by atoms with Gasteiger partial charge < -0.3 is 24.8 Å². The minimum Gasteiger partial charge on any atom is -0.481 e. The predicted octanol–water partition coefficient (Wildman–Crippen LogP) is 2.49. The fourth-order valence-corrected chi connectivity index (χ4v) is 8.81. The molecule has 1 aromatic carbocycles. The molecule has 4 aliphatic carbocycles. The first kappa shape index (κ1) is 22.3. The number of fused-ring (bicyclic) bond motifs is 1. The van der Waals surface area contributed by atoms with Crippen molar-refractivity contribution in [2.24, 2.45) is 28.6 Å². The molecular weight excluding hydrogens is 436 g/mol. The molecule has 0 unspecified atom stereocenters. The van der Waals surface area contributed by atoms with E-state index in [1.165, 1.54) is 0 Å². The van der Waals surface area contributed by atoms with Gasteiger partial charge in [0.2, 0.25) is 0 Å². The van der Waals surface area contributed by atoms with E-state index in [0.717, 1.165) is 5.56 Å². The lowest BCUT2D eigenvalue weighted by molar-refractivity contribution is -0.170. The summed E-state index contributed by atoms with van der Waals surface area (Å²) in [6.45, 7) is 6.13. The van der Waals surface area contributed by atoms with Crippen LogP contribution in [0.3, 0.4) is 0 Å². The summed E-state index contributed by atoms with van der Waals surface area (Å²) in [7, 11) is 0. The van der Waals surface area contributed by atoms with Crippen molar-refractivity contribution in [1.29, 1.82) is 0 Å². The predicted molar refractivity (Wildman–Crippen MR) is 121 cm³/mol. The van der Waals surface area contributed by atoms with Crippen LogP contribution >= 0.6 is 0 Å². The molecule has 3 N–H and O–H groups in total.